The van der Waals surface area contributed by atoms with Crippen LogP contribution in [-0.4, -0.2) is 11.1 Å². The van der Waals surface area contributed by atoms with Gasteiger partial charge in [0, 0.05) is 4.47 Å². The van der Waals surface area contributed by atoms with Crippen molar-refractivity contribution in [3.05, 3.63) is 33.4 Å². The van der Waals surface area contributed by atoms with Crippen LogP contribution in [0.25, 0.3) is 10.1 Å². The van der Waals surface area contributed by atoms with E-state index < -0.39 is 11.8 Å². The van der Waals surface area contributed by atoms with Gasteiger partial charge < -0.3 is 5.11 Å². The van der Waals surface area contributed by atoms with Crippen LogP contribution >= 0.6 is 27.3 Å². The van der Waals surface area contributed by atoms with E-state index in [9.17, 15) is 9.18 Å². The zero-order valence-electron chi connectivity index (χ0n) is 6.75. The van der Waals surface area contributed by atoms with Gasteiger partial charge in [-0.2, -0.15) is 0 Å². The number of carboxylic acids is 1. The Labute approximate surface area is 91.1 Å². The van der Waals surface area contributed by atoms with Crippen molar-refractivity contribution >= 4 is 43.3 Å². The molecule has 0 saturated heterocycles. The van der Waals surface area contributed by atoms with Crippen LogP contribution in [0, 0.1) is 5.82 Å². The molecule has 72 valence electrons. The van der Waals surface area contributed by atoms with Crippen molar-refractivity contribution in [2.45, 2.75) is 0 Å². The highest BCUT2D eigenvalue weighted by Crippen LogP contribution is 2.30. The number of rotatable bonds is 1. The van der Waals surface area contributed by atoms with Gasteiger partial charge in [0.05, 0.1) is 4.70 Å². The summed E-state index contributed by atoms with van der Waals surface area (Å²) < 4.78 is 14.3. The minimum atomic E-state index is -1.03. The van der Waals surface area contributed by atoms with Gasteiger partial charge in [0.15, 0.2) is 0 Å². The first-order valence-corrected chi connectivity index (χ1v) is 5.31. The third-order valence-corrected chi connectivity index (χ3v) is 3.35. The maximum Gasteiger partial charge on any atom is 0.345 e. The minimum Gasteiger partial charge on any atom is -0.477 e. The minimum absolute atomic E-state index is 0.150. The van der Waals surface area contributed by atoms with E-state index >= 15 is 0 Å². The summed E-state index contributed by atoms with van der Waals surface area (Å²) in [6, 6.07) is 4.49. The maximum absolute atomic E-state index is 13.3. The molecule has 2 nitrogen and oxygen atoms in total. The largest absolute Gasteiger partial charge is 0.477 e. The smallest absolute Gasteiger partial charge is 0.345 e. The number of hydrogen-bond donors (Lipinski definition) is 1. The summed E-state index contributed by atoms with van der Waals surface area (Å²) in [4.78, 5) is 10.8. The lowest BCUT2D eigenvalue weighted by Gasteiger charge is -1.92. The van der Waals surface area contributed by atoms with Gasteiger partial charge in [-0.05, 0) is 23.6 Å². The summed E-state index contributed by atoms with van der Waals surface area (Å²) >= 11 is 4.09. The topological polar surface area (TPSA) is 37.3 Å². The summed E-state index contributed by atoms with van der Waals surface area (Å²) in [6.07, 6.45) is 0. The molecule has 1 heterocycles. The Kier molecular flexibility index (Phi) is 2.28. The van der Waals surface area contributed by atoms with Crippen molar-refractivity contribution in [3.63, 3.8) is 0 Å². The molecule has 1 aromatic carbocycles. The highest BCUT2D eigenvalue weighted by Gasteiger charge is 2.11. The summed E-state index contributed by atoms with van der Waals surface area (Å²) in [6.45, 7) is 0. The number of halogens is 2. The van der Waals surface area contributed by atoms with Crippen molar-refractivity contribution in [1.82, 2.24) is 0 Å². The highest BCUT2D eigenvalue weighted by atomic mass is 79.9. The molecule has 0 amide bonds. The van der Waals surface area contributed by atoms with Crippen LogP contribution in [0.3, 0.4) is 0 Å². The molecule has 2 rings (SSSR count). The molecule has 0 radical (unpaired) electrons. The summed E-state index contributed by atoms with van der Waals surface area (Å²) in [7, 11) is 0. The Morgan fingerprint density at radius 3 is 2.79 bits per heavy atom. The second kappa shape index (κ2) is 3.33. The average molecular weight is 275 g/mol. The van der Waals surface area contributed by atoms with Crippen LogP contribution in [0.1, 0.15) is 9.67 Å². The molecule has 0 bridgehead atoms. The monoisotopic (exact) mass is 274 g/mol. The lowest BCUT2D eigenvalue weighted by Crippen LogP contribution is -1.89. The molecular formula is C9H4BrFO2S. The van der Waals surface area contributed by atoms with Crippen molar-refractivity contribution in [2.75, 3.05) is 0 Å². The lowest BCUT2D eigenvalue weighted by molar-refractivity contribution is 0.0702. The molecule has 1 aromatic heterocycles. The summed E-state index contributed by atoms with van der Waals surface area (Å²) in [5.41, 5.74) is 0. The van der Waals surface area contributed by atoms with Gasteiger partial charge in [-0.25, -0.2) is 9.18 Å². The second-order valence-corrected chi connectivity index (χ2v) is 4.69. The Bertz CT molecular complexity index is 521. The van der Waals surface area contributed by atoms with Gasteiger partial charge in [0.2, 0.25) is 0 Å². The first kappa shape index (κ1) is 9.61. The van der Waals surface area contributed by atoms with E-state index in [4.69, 9.17) is 5.11 Å². The van der Waals surface area contributed by atoms with Crippen molar-refractivity contribution in [2.24, 2.45) is 0 Å². The number of aromatic carboxylic acids is 1. The number of carboxylic acid groups (broad SMARTS) is 1. The van der Waals surface area contributed by atoms with Crippen molar-refractivity contribution in [1.29, 1.82) is 0 Å². The molecule has 0 atom stereocenters. The Morgan fingerprint density at radius 2 is 2.14 bits per heavy atom. The zero-order valence-corrected chi connectivity index (χ0v) is 9.15. The van der Waals surface area contributed by atoms with Gasteiger partial charge in [0.1, 0.15) is 10.7 Å². The molecule has 2 aromatic rings. The molecule has 0 aliphatic rings. The normalized spacial score (nSPS) is 10.7. The Hall–Kier alpha value is -0.940. The standard InChI is InChI=1S/C9H4BrFO2S/c10-5-1-4-2-7(9(12)13)14-8(4)6(11)3-5/h1-3H,(H,12,13). The third kappa shape index (κ3) is 1.53. The predicted octanol–water partition coefficient (Wildman–Crippen LogP) is 3.50. The fourth-order valence-corrected chi connectivity index (χ4v) is 2.51. The lowest BCUT2D eigenvalue weighted by atomic mass is 10.2. The van der Waals surface area contributed by atoms with E-state index in [1.165, 1.54) is 12.1 Å². The third-order valence-electron chi connectivity index (χ3n) is 1.75. The predicted molar refractivity (Wildman–Crippen MR) is 56.4 cm³/mol. The molecule has 1 N–H and O–H groups in total. The highest BCUT2D eigenvalue weighted by molar-refractivity contribution is 9.10. The molecule has 0 saturated carbocycles. The van der Waals surface area contributed by atoms with E-state index in [0.29, 0.717) is 14.6 Å². The zero-order chi connectivity index (χ0) is 10.3. The molecule has 0 aliphatic carbocycles. The number of fused-ring (bicyclic) bond motifs is 1. The van der Waals surface area contributed by atoms with Crippen molar-refractivity contribution in [3.8, 4) is 0 Å². The SMILES string of the molecule is O=C(O)c1cc2cc(Br)cc(F)c2s1. The molecule has 5 heteroatoms. The van der Waals surface area contributed by atoms with Crippen LogP contribution in [0.5, 0.6) is 0 Å². The van der Waals surface area contributed by atoms with Crippen LogP contribution in [0.15, 0.2) is 22.7 Å². The number of hydrogen-bond acceptors (Lipinski definition) is 2. The van der Waals surface area contributed by atoms with E-state index in [1.54, 1.807) is 6.07 Å². The van der Waals surface area contributed by atoms with Crippen molar-refractivity contribution < 1.29 is 14.3 Å². The average Bonchev–Trinajstić information content (AvgIpc) is 2.47. The Balaban J connectivity index is 2.76. The fourth-order valence-electron chi connectivity index (χ4n) is 1.18. The quantitative estimate of drug-likeness (QED) is 0.864. The maximum atomic E-state index is 13.3. The van der Waals surface area contributed by atoms with Gasteiger partial charge >= 0.3 is 5.97 Å². The van der Waals surface area contributed by atoms with E-state index in [2.05, 4.69) is 15.9 Å². The first-order chi connectivity index (χ1) is 6.58. The molecular weight excluding hydrogens is 271 g/mol. The summed E-state index contributed by atoms with van der Waals surface area (Å²) in [5, 5.41) is 9.33. The molecule has 0 fully saturated rings. The van der Waals surface area contributed by atoms with Gasteiger partial charge in [-0.15, -0.1) is 11.3 Å². The van der Waals surface area contributed by atoms with E-state index in [-0.39, 0.29) is 4.88 Å². The van der Waals surface area contributed by atoms with Crippen LogP contribution in [0.2, 0.25) is 0 Å². The molecule has 0 aliphatic heterocycles. The molecule has 14 heavy (non-hydrogen) atoms. The van der Waals surface area contributed by atoms with Crippen LogP contribution in [-0.2, 0) is 0 Å². The van der Waals surface area contributed by atoms with Crippen LogP contribution < -0.4 is 0 Å². The number of thiophene rings is 1. The van der Waals surface area contributed by atoms with E-state index in [0.717, 1.165) is 11.3 Å². The number of benzene rings is 1. The number of carbonyl (C=O) groups is 1. The van der Waals surface area contributed by atoms with Gasteiger partial charge in [0.25, 0.3) is 0 Å². The summed E-state index contributed by atoms with van der Waals surface area (Å²) in [5.74, 6) is -1.42. The molecule has 0 spiro atoms. The van der Waals surface area contributed by atoms with Crippen LogP contribution in [0.4, 0.5) is 4.39 Å². The second-order valence-electron chi connectivity index (χ2n) is 2.72. The van der Waals surface area contributed by atoms with Gasteiger partial charge in [-0.1, -0.05) is 15.9 Å². The van der Waals surface area contributed by atoms with Gasteiger partial charge in [-0.3, -0.25) is 0 Å². The fraction of sp³-hybridized carbons (Fsp3) is 0. The first-order valence-electron chi connectivity index (χ1n) is 3.70. The van der Waals surface area contributed by atoms with E-state index in [1.807, 2.05) is 0 Å². The molecule has 0 unspecified atom stereocenters. The Morgan fingerprint density at radius 1 is 1.43 bits per heavy atom.